The van der Waals surface area contributed by atoms with Crippen molar-refractivity contribution in [3.8, 4) is 0 Å². The van der Waals surface area contributed by atoms with E-state index in [1.807, 2.05) is 0 Å². The van der Waals surface area contributed by atoms with Crippen molar-refractivity contribution in [2.75, 3.05) is 0 Å². The Morgan fingerprint density at radius 3 is 2.29 bits per heavy atom. The number of hydrogen-bond donors (Lipinski definition) is 0. The lowest BCUT2D eigenvalue weighted by atomic mass is 10.2. The largest absolute Gasteiger partial charge is 0.391 e. The number of sulfone groups is 1. The minimum absolute atomic E-state index is 0.0286. The van der Waals surface area contributed by atoms with Gasteiger partial charge in [-0.25, -0.2) is 8.42 Å². The van der Waals surface area contributed by atoms with Gasteiger partial charge in [0.05, 0.1) is 20.9 Å². The maximum absolute atomic E-state index is 12.5. The molecular formula is C20H16N2O5S. The Morgan fingerprint density at radius 1 is 0.929 bits per heavy atom. The zero-order valence-electron chi connectivity index (χ0n) is 14.6. The molecule has 0 fully saturated rings. The molecular weight excluding hydrogens is 380 g/mol. The van der Waals surface area contributed by atoms with Crippen molar-refractivity contribution in [1.82, 2.24) is 0 Å². The van der Waals surface area contributed by atoms with Gasteiger partial charge in [-0.2, -0.15) is 0 Å². The van der Waals surface area contributed by atoms with Crippen LogP contribution in [0.4, 0.5) is 5.69 Å². The Kier molecular flexibility index (Phi) is 5.81. The molecule has 0 spiro atoms. The van der Waals surface area contributed by atoms with E-state index in [1.165, 1.54) is 30.5 Å². The molecule has 0 radical (unpaired) electrons. The molecule has 0 atom stereocenters. The number of oxime groups is 1. The van der Waals surface area contributed by atoms with Gasteiger partial charge in [0.25, 0.3) is 5.69 Å². The van der Waals surface area contributed by atoms with E-state index in [-0.39, 0.29) is 22.1 Å². The van der Waals surface area contributed by atoms with Crippen LogP contribution in [-0.4, -0.2) is 19.6 Å². The molecule has 7 nitrogen and oxygen atoms in total. The monoisotopic (exact) mass is 396 g/mol. The van der Waals surface area contributed by atoms with Crippen molar-refractivity contribution in [1.29, 1.82) is 0 Å². The van der Waals surface area contributed by atoms with Gasteiger partial charge in [0.15, 0.2) is 0 Å². The van der Waals surface area contributed by atoms with Crippen LogP contribution in [-0.2, 0) is 21.3 Å². The van der Waals surface area contributed by atoms with Crippen LogP contribution in [0.25, 0.3) is 0 Å². The van der Waals surface area contributed by atoms with Crippen LogP contribution in [0.3, 0.4) is 0 Å². The fraction of sp³-hybridized carbons (Fsp3) is 0.0500. The molecule has 3 aromatic carbocycles. The van der Waals surface area contributed by atoms with Crippen LogP contribution in [0, 0.1) is 10.1 Å². The lowest BCUT2D eigenvalue weighted by Crippen LogP contribution is -2.01. The van der Waals surface area contributed by atoms with Crippen LogP contribution < -0.4 is 0 Å². The maximum atomic E-state index is 12.5. The number of non-ortho nitro benzene ring substituents is 1. The lowest BCUT2D eigenvalue weighted by molar-refractivity contribution is -0.384. The molecule has 0 N–H and O–H groups in total. The van der Waals surface area contributed by atoms with Crippen molar-refractivity contribution in [2.45, 2.75) is 16.4 Å². The molecule has 0 aliphatic carbocycles. The van der Waals surface area contributed by atoms with Crippen molar-refractivity contribution >= 4 is 21.7 Å². The summed E-state index contributed by atoms with van der Waals surface area (Å²) in [6, 6.07) is 20.6. The number of benzene rings is 3. The normalized spacial score (nSPS) is 11.4. The number of nitro groups is 1. The van der Waals surface area contributed by atoms with E-state index in [9.17, 15) is 18.5 Å². The molecule has 0 bridgehead atoms. The minimum atomic E-state index is -3.55. The molecule has 0 saturated heterocycles. The van der Waals surface area contributed by atoms with Gasteiger partial charge in [0.1, 0.15) is 6.61 Å². The minimum Gasteiger partial charge on any atom is -0.391 e. The van der Waals surface area contributed by atoms with Gasteiger partial charge in [-0.05, 0) is 29.8 Å². The third kappa shape index (κ3) is 4.60. The summed E-state index contributed by atoms with van der Waals surface area (Å²) in [4.78, 5) is 15.9. The molecule has 142 valence electrons. The summed E-state index contributed by atoms with van der Waals surface area (Å²) in [7, 11) is -3.55. The van der Waals surface area contributed by atoms with Gasteiger partial charge in [-0.3, -0.25) is 10.1 Å². The molecule has 0 amide bonds. The molecule has 0 unspecified atom stereocenters. The van der Waals surface area contributed by atoms with Gasteiger partial charge in [-0.1, -0.05) is 47.6 Å². The first kappa shape index (κ1) is 19.2. The molecule has 0 aliphatic rings. The predicted octanol–water partition coefficient (Wildman–Crippen LogP) is 3.98. The predicted molar refractivity (Wildman–Crippen MR) is 104 cm³/mol. The number of hydrogen-bond acceptors (Lipinski definition) is 6. The SMILES string of the molecule is O=[N+]([O-])c1cccc(/C=N/OCc2ccc(S(=O)(=O)c3ccccc3)cc2)c1. The molecule has 3 aromatic rings. The highest BCUT2D eigenvalue weighted by Crippen LogP contribution is 2.21. The van der Waals surface area contributed by atoms with Crippen molar-refractivity contribution in [3.05, 3.63) is 100 Å². The first-order valence-electron chi connectivity index (χ1n) is 8.26. The third-order valence-corrected chi connectivity index (χ3v) is 5.66. The molecule has 0 heterocycles. The average molecular weight is 396 g/mol. The quantitative estimate of drug-likeness (QED) is 0.342. The second-order valence-electron chi connectivity index (χ2n) is 5.82. The highest BCUT2D eigenvalue weighted by molar-refractivity contribution is 7.91. The maximum Gasteiger partial charge on any atom is 0.270 e. The van der Waals surface area contributed by atoms with Crippen LogP contribution in [0.1, 0.15) is 11.1 Å². The fourth-order valence-electron chi connectivity index (χ4n) is 2.43. The van der Waals surface area contributed by atoms with E-state index in [1.54, 1.807) is 54.6 Å². The van der Waals surface area contributed by atoms with Gasteiger partial charge < -0.3 is 4.84 Å². The van der Waals surface area contributed by atoms with Gasteiger partial charge >= 0.3 is 0 Å². The average Bonchev–Trinajstić information content (AvgIpc) is 2.72. The second-order valence-corrected chi connectivity index (χ2v) is 7.77. The molecule has 0 aliphatic heterocycles. The van der Waals surface area contributed by atoms with E-state index >= 15 is 0 Å². The molecule has 0 aromatic heterocycles. The van der Waals surface area contributed by atoms with E-state index in [0.29, 0.717) is 5.56 Å². The van der Waals surface area contributed by atoms with Crippen LogP contribution >= 0.6 is 0 Å². The summed E-state index contributed by atoms with van der Waals surface area (Å²) >= 11 is 0. The zero-order valence-corrected chi connectivity index (χ0v) is 15.5. The van der Waals surface area contributed by atoms with Crippen molar-refractivity contribution < 1.29 is 18.2 Å². The van der Waals surface area contributed by atoms with E-state index in [2.05, 4.69) is 5.16 Å². The van der Waals surface area contributed by atoms with E-state index in [4.69, 9.17) is 4.84 Å². The summed E-state index contributed by atoms with van der Waals surface area (Å²) in [5, 5.41) is 14.5. The number of rotatable bonds is 7. The van der Waals surface area contributed by atoms with Crippen molar-refractivity contribution in [3.63, 3.8) is 0 Å². The van der Waals surface area contributed by atoms with Crippen LogP contribution in [0.2, 0.25) is 0 Å². The summed E-state index contributed by atoms with van der Waals surface area (Å²) in [5.74, 6) is 0. The number of nitrogens with zero attached hydrogens (tertiary/aromatic N) is 2. The highest BCUT2D eigenvalue weighted by Gasteiger charge is 2.16. The standard InChI is InChI=1S/C20H16N2O5S/c23-22(24)18-6-4-5-17(13-18)14-21-27-15-16-9-11-20(12-10-16)28(25,26)19-7-2-1-3-8-19/h1-14H,15H2/b21-14+. The Bertz CT molecular complexity index is 1090. The summed E-state index contributed by atoms with van der Waals surface area (Å²) in [6.07, 6.45) is 1.38. The molecule has 28 heavy (non-hydrogen) atoms. The molecule has 0 saturated carbocycles. The Hall–Kier alpha value is -3.52. The fourth-order valence-corrected chi connectivity index (χ4v) is 3.71. The lowest BCUT2D eigenvalue weighted by Gasteiger charge is -2.05. The van der Waals surface area contributed by atoms with Crippen LogP contribution in [0.5, 0.6) is 0 Å². The van der Waals surface area contributed by atoms with Gasteiger partial charge in [0.2, 0.25) is 9.84 Å². The summed E-state index contributed by atoms with van der Waals surface area (Å²) in [5.41, 5.74) is 1.25. The highest BCUT2D eigenvalue weighted by atomic mass is 32.2. The second kappa shape index (κ2) is 8.45. The topological polar surface area (TPSA) is 98.9 Å². The molecule has 3 rings (SSSR count). The van der Waals surface area contributed by atoms with Gasteiger partial charge in [0, 0.05) is 17.7 Å². The Morgan fingerprint density at radius 2 is 1.61 bits per heavy atom. The van der Waals surface area contributed by atoms with E-state index in [0.717, 1.165) is 5.56 Å². The molecule has 8 heteroatoms. The first-order valence-corrected chi connectivity index (χ1v) is 9.74. The summed E-state index contributed by atoms with van der Waals surface area (Å²) in [6.45, 7) is 0.136. The van der Waals surface area contributed by atoms with E-state index < -0.39 is 14.8 Å². The Balaban J connectivity index is 1.62. The first-order chi connectivity index (χ1) is 13.5. The third-order valence-electron chi connectivity index (χ3n) is 3.88. The Labute approximate surface area is 162 Å². The summed E-state index contributed by atoms with van der Waals surface area (Å²) < 4.78 is 25.1. The van der Waals surface area contributed by atoms with Gasteiger partial charge in [-0.15, -0.1) is 0 Å². The zero-order chi connectivity index (χ0) is 20.0. The van der Waals surface area contributed by atoms with Crippen LogP contribution in [0.15, 0.2) is 93.8 Å². The number of nitro benzene ring substituents is 1. The smallest absolute Gasteiger partial charge is 0.270 e. The van der Waals surface area contributed by atoms with Crippen molar-refractivity contribution in [2.24, 2.45) is 5.16 Å².